The molecule has 1 N–H and O–H groups in total. The van der Waals surface area contributed by atoms with Crippen LogP contribution in [0.15, 0.2) is 42.9 Å². The SMILES string of the molecule is C[C@@H]1CN(Cc2c(-c3cccnc3)[nH]c3cccnc23)C[C@@H](C)O1. The minimum absolute atomic E-state index is 0.258. The molecule has 1 aliphatic heterocycles. The summed E-state index contributed by atoms with van der Waals surface area (Å²) in [4.78, 5) is 14.9. The molecule has 1 aliphatic rings. The van der Waals surface area contributed by atoms with E-state index in [2.05, 4.69) is 45.8 Å². The molecule has 1 saturated heterocycles. The Morgan fingerprint density at radius 2 is 1.96 bits per heavy atom. The van der Waals surface area contributed by atoms with Crippen LogP contribution in [0.4, 0.5) is 0 Å². The van der Waals surface area contributed by atoms with Gasteiger partial charge in [0.05, 0.1) is 28.9 Å². The fraction of sp³-hybridized carbons (Fsp3) is 0.368. The van der Waals surface area contributed by atoms with E-state index in [1.54, 1.807) is 6.20 Å². The summed E-state index contributed by atoms with van der Waals surface area (Å²) >= 11 is 0. The van der Waals surface area contributed by atoms with Crippen LogP contribution in [0.1, 0.15) is 19.4 Å². The van der Waals surface area contributed by atoms with Crippen LogP contribution >= 0.6 is 0 Å². The van der Waals surface area contributed by atoms with Gasteiger partial charge in [0.15, 0.2) is 0 Å². The van der Waals surface area contributed by atoms with Crippen molar-refractivity contribution in [3.63, 3.8) is 0 Å². The summed E-state index contributed by atoms with van der Waals surface area (Å²) in [6.45, 7) is 7.02. The van der Waals surface area contributed by atoms with Gasteiger partial charge in [-0.05, 0) is 38.1 Å². The number of rotatable bonds is 3. The summed E-state index contributed by atoms with van der Waals surface area (Å²) < 4.78 is 5.86. The molecular weight excluding hydrogens is 300 g/mol. The van der Waals surface area contributed by atoms with Crippen LogP contribution in [0.3, 0.4) is 0 Å². The molecule has 0 radical (unpaired) electrons. The van der Waals surface area contributed by atoms with Gasteiger partial charge in [0.1, 0.15) is 0 Å². The Bertz CT molecular complexity index is 820. The minimum Gasteiger partial charge on any atom is -0.373 e. The van der Waals surface area contributed by atoms with Gasteiger partial charge in [0.25, 0.3) is 0 Å². The maximum Gasteiger partial charge on any atom is 0.0930 e. The molecule has 2 atom stereocenters. The van der Waals surface area contributed by atoms with Crippen molar-refractivity contribution in [1.82, 2.24) is 19.9 Å². The fourth-order valence-corrected chi connectivity index (χ4v) is 3.62. The lowest BCUT2D eigenvalue weighted by molar-refractivity contribution is -0.0703. The third-order valence-electron chi connectivity index (χ3n) is 4.48. The number of pyridine rings is 2. The van der Waals surface area contributed by atoms with Crippen LogP contribution in [0.25, 0.3) is 22.3 Å². The molecular formula is C19H22N4O. The number of ether oxygens (including phenoxy) is 1. The molecule has 0 unspecified atom stereocenters. The third kappa shape index (κ3) is 2.92. The fourth-order valence-electron chi connectivity index (χ4n) is 3.62. The van der Waals surface area contributed by atoms with E-state index in [-0.39, 0.29) is 12.2 Å². The van der Waals surface area contributed by atoms with Gasteiger partial charge in [-0.3, -0.25) is 14.9 Å². The molecule has 24 heavy (non-hydrogen) atoms. The highest BCUT2D eigenvalue weighted by Gasteiger charge is 2.24. The van der Waals surface area contributed by atoms with Crippen LogP contribution in [0, 0.1) is 0 Å². The van der Waals surface area contributed by atoms with Crippen molar-refractivity contribution in [1.29, 1.82) is 0 Å². The van der Waals surface area contributed by atoms with Crippen LogP contribution in [-0.4, -0.2) is 45.1 Å². The number of nitrogens with one attached hydrogen (secondary N) is 1. The Labute approximate surface area is 141 Å². The van der Waals surface area contributed by atoms with E-state index in [0.717, 1.165) is 41.9 Å². The van der Waals surface area contributed by atoms with E-state index in [1.165, 1.54) is 5.56 Å². The summed E-state index contributed by atoms with van der Waals surface area (Å²) in [5.41, 5.74) is 5.56. The monoisotopic (exact) mass is 322 g/mol. The van der Waals surface area contributed by atoms with Crippen molar-refractivity contribution in [3.8, 4) is 11.3 Å². The van der Waals surface area contributed by atoms with E-state index in [0.29, 0.717) is 0 Å². The summed E-state index contributed by atoms with van der Waals surface area (Å²) in [5.74, 6) is 0. The van der Waals surface area contributed by atoms with Gasteiger partial charge in [-0.15, -0.1) is 0 Å². The molecule has 0 aromatic carbocycles. The Hall–Kier alpha value is -2.24. The first kappa shape index (κ1) is 15.3. The quantitative estimate of drug-likeness (QED) is 0.804. The van der Waals surface area contributed by atoms with E-state index >= 15 is 0 Å². The zero-order chi connectivity index (χ0) is 16.5. The summed E-state index contributed by atoms with van der Waals surface area (Å²) in [7, 11) is 0. The lowest BCUT2D eigenvalue weighted by atomic mass is 10.1. The number of aromatic amines is 1. The van der Waals surface area contributed by atoms with Gasteiger partial charge in [-0.25, -0.2) is 0 Å². The smallest absolute Gasteiger partial charge is 0.0930 e. The van der Waals surface area contributed by atoms with Gasteiger partial charge in [0.2, 0.25) is 0 Å². The highest BCUT2D eigenvalue weighted by molar-refractivity contribution is 5.87. The number of H-pyrrole nitrogens is 1. The average Bonchev–Trinajstić information content (AvgIpc) is 2.94. The van der Waals surface area contributed by atoms with Gasteiger partial charge < -0.3 is 9.72 Å². The predicted octanol–water partition coefficient (Wildman–Crippen LogP) is 3.23. The zero-order valence-corrected chi connectivity index (χ0v) is 14.1. The number of nitrogens with zero attached hydrogens (tertiary/aromatic N) is 3. The lowest BCUT2D eigenvalue weighted by Crippen LogP contribution is -2.44. The van der Waals surface area contributed by atoms with Crippen LogP contribution in [0.2, 0.25) is 0 Å². The Balaban J connectivity index is 1.75. The summed E-state index contributed by atoms with van der Waals surface area (Å²) in [6.07, 6.45) is 6.08. The summed E-state index contributed by atoms with van der Waals surface area (Å²) in [5, 5.41) is 0. The molecule has 4 heterocycles. The summed E-state index contributed by atoms with van der Waals surface area (Å²) in [6, 6.07) is 8.10. The second kappa shape index (κ2) is 6.34. The normalized spacial score (nSPS) is 22.1. The zero-order valence-electron chi connectivity index (χ0n) is 14.1. The molecule has 3 aromatic rings. The Morgan fingerprint density at radius 3 is 2.71 bits per heavy atom. The molecule has 1 fully saturated rings. The molecule has 0 spiro atoms. The molecule has 4 rings (SSSR count). The second-order valence-electron chi connectivity index (χ2n) is 6.57. The number of morpholine rings is 1. The first-order valence-corrected chi connectivity index (χ1v) is 8.44. The standard InChI is InChI=1S/C19H22N4O/c1-13-10-23(11-14(2)24-13)12-16-18(15-5-3-7-20-9-15)22-17-6-4-8-21-19(16)17/h3-9,13-14,22H,10-12H2,1-2H3/t13-,14-/m1/s1. The van der Waals surface area contributed by atoms with Crippen LogP contribution in [-0.2, 0) is 11.3 Å². The molecule has 0 bridgehead atoms. The van der Waals surface area contributed by atoms with Crippen molar-refractivity contribution in [2.45, 2.75) is 32.6 Å². The maximum atomic E-state index is 5.86. The molecule has 5 nitrogen and oxygen atoms in total. The number of aromatic nitrogens is 3. The average molecular weight is 322 g/mol. The van der Waals surface area contributed by atoms with Crippen LogP contribution in [0.5, 0.6) is 0 Å². The third-order valence-corrected chi connectivity index (χ3v) is 4.48. The molecule has 0 aliphatic carbocycles. The van der Waals surface area contributed by atoms with Crippen molar-refractivity contribution in [2.75, 3.05) is 13.1 Å². The second-order valence-corrected chi connectivity index (χ2v) is 6.57. The topological polar surface area (TPSA) is 54.0 Å². The number of hydrogen-bond donors (Lipinski definition) is 1. The molecule has 124 valence electrons. The van der Waals surface area contributed by atoms with Gasteiger partial charge in [-0.2, -0.15) is 0 Å². The lowest BCUT2D eigenvalue weighted by Gasteiger charge is -2.35. The molecule has 0 saturated carbocycles. The van der Waals surface area contributed by atoms with E-state index in [4.69, 9.17) is 4.74 Å². The van der Waals surface area contributed by atoms with E-state index in [9.17, 15) is 0 Å². The molecule has 5 heteroatoms. The van der Waals surface area contributed by atoms with Gasteiger partial charge >= 0.3 is 0 Å². The first-order chi connectivity index (χ1) is 11.7. The maximum absolute atomic E-state index is 5.86. The highest BCUT2D eigenvalue weighted by Crippen LogP contribution is 2.30. The van der Waals surface area contributed by atoms with Gasteiger partial charge in [0, 0.05) is 49.4 Å². The highest BCUT2D eigenvalue weighted by atomic mass is 16.5. The number of hydrogen-bond acceptors (Lipinski definition) is 4. The van der Waals surface area contributed by atoms with E-state index in [1.807, 2.05) is 24.5 Å². The Morgan fingerprint density at radius 1 is 1.17 bits per heavy atom. The van der Waals surface area contributed by atoms with Crippen molar-refractivity contribution in [3.05, 3.63) is 48.4 Å². The van der Waals surface area contributed by atoms with Crippen molar-refractivity contribution < 1.29 is 4.74 Å². The predicted molar refractivity (Wildman–Crippen MR) is 94.6 cm³/mol. The Kier molecular flexibility index (Phi) is 4.04. The van der Waals surface area contributed by atoms with Crippen molar-refractivity contribution >= 4 is 11.0 Å². The first-order valence-electron chi connectivity index (χ1n) is 8.44. The largest absolute Gasteiger partial charge is 0.373 e. The molecule has 3 aromatic heterocycles. The van der Waals surface area contributed by atoms with Gasteiger partial charge in [-0.1, -0.05) is 0 Å². The van der Waals surface area contributed by atoms with Crippen molar-refractivity contribution in [2.24, 2.45) is 0 Å². The van der Waals surface area contributed by atoms with E-state index < -0.39 is 0 Å². The van der Waals surface area contributed by atoms with Crippen LogP contribution < -0.4 is 0 Å². The molecule has 0 amide bonds. The minimum atomic E-state index is 0.258. The number of fused-ring (bicyclic) bond motifs is 1.